The fourth-order valence-corrected chi connectivity index (χ4v) is 6.15. The van der Waals surface area contributed by atoms with E-state index in [4.69, 9.17) is 16.6 Å². The minimum atomic E-state index is -4.65. The molecule has 0 saturated carbocycles. The fraction of sp³-hybridized carbons (Fsp3) is 0.222. The molecule has 0 spiro atoms. The zero-order valence-electron chi connectivity index (χ0n) is 18.0. The monoisotopic (exact) mass is 522 g/mol. The van der Waals surface area contributed by atoms with Crippen molar-refractivity contribution in [1.82, 2.24) is 35.3 Å². The number of imidazole rings is 1. The lowest BCUT2D eigenvalue weighted by molar-refractivity contribution is 0.186. The summed E-state index contributed by atoms with van der Waals surface area (Å²) in [7, 11) is -9.12. The van der Waals surface area contributed by atoms with Gasteiger partial charge in [-0.1, -0.05) is 12.1 Å². The number of aliphatic hydroxyl groups is 1. The molecule has 186 valence electrons. The second-order valence-corrected chi connectivity index (χ2v) is 10.7. The number of nitrogens with one attached hydrogen (secondary N) is 3. The van der Waals surface area contributed by atoms with Gasteiger partial charge < -0.3 is 21.6 Å². The SMILES string of the molecule is NCc1nc2ccc(-c3ccc(S(=O)(=O)NCC(O)CN)c(S(N)(=O)=O)c3-c3nn[nH]n3)cc2[nH]1. The number of benzene rings is 2. The molecule has 2 heterocycles. The molecule has 4 aromatic rings. The highest BCUT2D eigenvalue weighted by molar-refractivity contribution is 7.92. The summed E-state index contributed by atoms with van der Waals surface area (Å²) < 4.78 is 53.7. The Morgan fingerprint density at radius 3 is 2.51 bits per heavy atom. The van der Waals surface area contributed by atoms with Crippen molar-refractivity contribution in [3.63, 3.8) is 0 Å². The van der Waals surface area contributed by atoms with Crippen LogP contribution in [0.25, 0.3) is 33.5 Å². The molecule has 10 N–H and O–H groups in total. The molecule has 0 aliphatic carbocycles. The van der Waals surface area contributed by atoms with Crippen molar-refractivity contribution >= 4 is 31.1 Å². The van der Waals surface area contributed by atoms with E-state index in [1.165, 1.54) is 6.07 Å². The van der Waals surface area contributed by atoms with Crippen molar-refractivity contribution in [2.24, 2.45) is 16.6 Å². The first-order chi connectivity index (χ1) is 16.5. The molecule has 0 saturated heterocycles. The Morgan fingerprint density at radius 2 is 1.89 bits per heavy atom. The number of tetrazole rings is 1. The van der Waals surface area contributed by atoms with Gasteiger partial charge in [0, 0.05) is 13.1 Å². The first-order valence-electron chi connectivity index (χ1n) is 10.1. The number of H-pyrrole nitrogens is 2. The van der Waals surface area contributed by atoms with E-state index < -0.39 is 42.5 Å². The second-order valence-electron chi connectivity index (χ2n) is 7.46. The Kier molecular flexibility index (Phi) is 6.64. The first-order valence-corrected chi connectivity index (χ1v) is 13.1. The number of aliphatic hydroxyl groups excluding tert-OH is 1. The maximum Gasteiger partial charge on any atom is 0.242 e. The average molecular weight is 523 g/mol. The molecule has 1 atom stereocenters. The minimum absolute atomic E-state index is 0.179. The van der Waals surface area contributed by atoms with Crippen LogP contribution in [0.2, 0.25) is 0 Å². The van der Waals surface area contributed by atoms with Crippen LogP contribution in [0.15, 0.2) is 40.1 Å². The third-order valence-electron chi connectivity index (χ3n) is 5.08. The smallest absolute Gasteiger partial charge is 0.242 e. The van der Waals surface area contributed by atoms with E-state index in [-0.39, 0.29) is 30.0 Å². The number of nitrogens with two attached hydrogens (primary N) is 3. The van der Waals surface area contributed by atoms with Crippen LogP contribution >= 0.6 is 0 Å². The lowest BCUT2D eigenvalue weighted by Gasteiger charge is -2.17. The van der Waals surface area contributed by atoms with Crippen LogP contribution in [0.4, 0.5) is 0 Å². The highest BCUT2D eigenvalue weighted by Crippen LogP contribution is 2.39. The summed E-state index contributed by atoms with van der Waals surface area (Å²) in [6.45, 7) is -0.464. The number of nitrogens with zero attached hydrogens (tertiary/aromatic N) is 4. The van der Waals surface area contributed by atoms with Crippen LogP contribution in [0.5, 0.6) is 0 Å². The van der Waals surface area contributed by atoms with Gasteiger partial charge in [0.25, 0.3) is 0 Å². The van der Waals surface area contributed by atoms with Gasteiger partial charge in [-0.05, 0) is 34.5 Å². The van der Waals surface area contributed by atoms with Crippen molar-refractivity contribution < 1.29 is 21.9 Å². The lowest BCUT2D eigenvalue weighted by atomic mass is 9.98. The molecule has 15 nitrogen and oxygen atoms in total. The summed E-state index contributed by atoms with van der Waals surface area (Å²) in [6.07, 6.45) is -1.18. The molecular weight excluding hydrogens is 500 g/mol. The Labute approximate surface area is 199 Å². The van der Waals surface area contributed by atoms with Gasteiger partial charge in [-0.15, -0.1) is 10.2 Å². The average Bonchev–Trinajstić information content (AvgIpc) is 3.50. The number of rotatable bonds is 9. The van der Waals surface area contributed by atoms with E-state index in [9.17, 15) is 21.9 Å². The van der Waals surface area contributed by atoms with E-state index in [1.807, 2.05) is 0 Å². The van der Waals surface area contributed by atoms with Crippen molar-refractivity contribution in [2.75, 3.05) is 13.1 Å². The van der Waals surface area contributed by atoms with Crippen LogP contribution in [-0.4, -0.2) is 71.7 Å². The zero-order chi connectivity index (χ0) is 25.4. The highest BCUT2D eigenvalue weighted by atomic mass is 32.2. The Hall–Kier alpha value is -3.32. The highest BCUT2D eigenvalue weighted by Gasteiger charge is 2.32. The van der Waals surface area contributed by atoms with Crippen LogP contribution in [0.1, 0.15) is 5.82 Å². The predicted octanol–water partition coefficient (Wildman–Crippen LogP) is -1.89. The summed E-state index contributed by atoms with van der Waals surface area (Å²) in [4.78, 5) is 5.99. The van der Waals surface area contributed by atoms with Crippen molar-refractivity contribution in [3.05, 3.63) is 36.2 Å². The molecule has 0 radical (unpaired) electrons. The summed E-state index contributed by atoms with van der Waals surface area (Å²) in [5.74, 6) is 0.350. The molecule has 0 amide bonds. The number of hydrogen-bond acceptors (Lipinski definition) is 11. The molecule has 17 heteroatoms. The number of sulfonamides is 2. The third kappa shape index (κ3) is 4.91. The lowest BCUT2D eigenvalue weighted by Crippen LogP contribution is -2.36. The number of primary sulfonamides is 1. The summed E-state index contributed by atoms with van der Waals surface area (Å²) in [5.41, 5.74) is 12.8. The van der Waals surface area contributed by atoms with Gasteiger partial charge >= 0.3 is 0 Å². The van der Waals surface area contributed by atoms with Gasteiger partial charge in [0.15, 0.2) is 0 Å². The number of aromatic nitrogens is 6. The number of hydrogen-bond donors (Lipinski definition) is 7. The van der Waals surface area contributed by atoms with Gasteiger partial charge in [0.1, 0.15) is 15.6 Å². The molecule has 0 bridgehead atoms. The summed E-state index contributed by atoms with van der Waals surface area (Å²) >= 11 is 0. The molecule has 2 aromatic carbocycles. The topological polar surface area (TPSA) is 262 Å². The van der Waals surface area contributed by atoms with Crippen LogP contribution < -0.4 is 21.3 Å². The van der Waals surface area contributed by atoms with E-state index in [0.29, 0.717) is 22.4 Å². The van der Waals surface area contributed by atoms with Gasteiger partial charge in [0.05, 0.1) is 29.2 Å². The van der Waals surface area contributed by atoms with E-state index in [2.05, 4.69) is 35.3 Å². The minimum Gasteiger partial charge on any atom is -0.390 e. The Morgan fingerprint density at radius 1 is 1.11 bits per heavy atom. The molecule has 0 fully saturated rings. The third-order valence-corrected chi connectivity index (χ3v) is 7.67. The molecule has 35 heavy (non-hydrogen) atoms. The fourth-order valence-electron chi connectivity index (χ4n) is 3.48. The van der Waals surface area contributed by atoms with Gasteiger partial charge in [-0.25, -0.2) is 31.7 Å². The molecule has 4 rings (SSSR count). The Bertz CT molecular complexity index is 1580. The Balaban J connectivity index is 1.99. The second kappa shape index (κ2) is 9.38. The number of fused-ring (bicyclic) bond motifs is 1. The van der Waals surface area contributed by atoms with Gasteiger partial charge in [0.2, 0.25) is 25.9 Å². The maximum atomic E-state index is 13.0. The molecule has 0 aliphatic heterocycles. The van der Waals surface area contributed by atoms with E-state index >= 15 is 0 Å². The maximum absolute atomic E-state index is 13.0. The molecule has 1 unspecified atom stereocenters. The first kappa shape index (κ1) is 24.8. The zero-order valence-corrected chi connectivity index (χ0v) is 19.6. The largest absolute Gasteiger partial charge is 0.390 e. The molecule has 0 aliphatic rings. The summed E-state index contributed by atoms with van der Waals surface area (Å²) in [6, 6.07) is 7.54. The van der Waals surface area contributed by atoms with E-state index in [0.717, 1.165) is 6.07 Å². The predicted molar refractivity (Wildman–Crippen MR) is 124 cm³/mol. The van der Waals surface area contributed by atoms with Crippen molar-refractivity contribution in [1.29, 1.82) is 0 Å². The van der Waals surface area contributed by atoms with Gasteiger partial charge in [-0.3, -0.25) is 0 Å². The van der Waals surface area contributed by atoms with Crippen LogP contribution in [-0.2, 0) is 26.6 Å². The van der Waals surface area contributed by atoms with Crippen LogP contribution in [0.3, 0.4) is 0 Å². The van der Waals surface area contributed by atoms with Crippen molar-refractivity contribution in [2.45, 2.75) is 22.4 Å². The normalized spacial score (nSPS) is 13.4. The molecule has 2 aromatic heterocycles. The number of aromatic amines is 2. The molecular formula is C18H22N10O5S2. The standard InChI is InChI=1S/C18H22N10O5S2/c19-6-10(29)8-22-35(32,33)14-4-2-11(9-1-3-12-13(5-9)24-15(7-20)23-12)16(17(14)34(21,30)31)18-25-27-28-26-18/h1-5,10,22,29H,6-8,19-20H2,(H,23,24)(H2,21,30,31)(H,25,26,27,28). The van der Waals surface area contributed by atoms with Crippen LogP contribution in [0, 0.1) is 0 Å². The van der Waals surface area contributed by atoms with Gasteiger partial charge in [-0.2, -0.15) is 5.21 Å². The van der Waals surface area contributed by atoms with Crippen molar-refractivity contribution in [3.8, 4) is 22.5 Å². The quantitative estimate of drug-likeness (QED) is 0.128. The van der Waals surface area contributed by atoms with E-state index in [1.54, 1.807) is 18.2 Å². The summed E-state index contributed by atoms with van der Waals surface area (Å²) in [5, 5.41) is 28.6.